The number of fused-ring (bicyclic) bond motifs is 1. The summed E-state index contributed by atoms with van der Waals surface area (Å²) in [7, 11) is 0. The number of rotatable bonds is 3. The van der Waals surface area contributed by atoms with Crippen LogP contribution in [0.1, 0.15) is 22.7 Å². The van der Waals surface area contributed by atoms with E-state index in [-0.39, 0.29) is 11.3 Å². The van der Waals surface area contributed by atoms with Gasteiger partial charge in [-0.2, -0.15) is 0 Å². The molecule has 0 bridgehead atoms. The molecular weight excluding hydrogens is 479 g/mol. The van der Waals surface area contributed by atoms with E-state index in [0.29, 0.717) is 31.8 Å². The fourth-order valence-corrected chi connectivity index (χ4v) is 5.33. The third kappa shape index (κ3) is 3.80. The maximum Gasteiger partial charge on any atom is 0.301 e. The molecule has 1 atom stereocenters. The third-order valence-electron chi connectivity index (χ3n) is 5.47. The highest BCUT2D eigenvalue weighted by Crippen LogP contribution is 2.44. The molecule has 8 heteroatoms. The number of aryl methyl sites for hydroxylation is 1. The Morgan fingerprint density at radius 3 is 2.45 bits per heavy atom. The fourth-order valence-electron chi connectivity index (χ4n) is 3.94. The first-order valence-corrected chi connectivity index (χ1v) is 11.6. The number of aliphatic hydroxyl groups is 1. The third-order valence-corrected chi connectivity index (χ3v) is 6.97. The maximum absolute atomic E-state index is 13.3. The Kier molecular flexibility index (Phi) is 5.44. The van der Waals surface area contributed by atoms with Crippen molar-refractivity contribution in [3.63, 3.8) is 0 Å². The molecule has 1 N–H and O–H groups in total. The van der Waals surface area contributed by atoms with Gasteiger partial charge in [-0.1, -0.05) is 64.4 Å². The van der Waals surface area contributed by atoms with Crippen LogP contribution in [0.3, 0.4) is 0 Å². The van der Waals surface area contributed by atoms with Crippen LogP contribution in [-0.2, 0) is 9.59 Å². The Morgan fingerprint density at radius 2 is 1.73 bits per heavy atom. The molecule has 5 nitrogen and oxygen atoms in total. The summed E-state index contributed by atoms with van der Waals surface area (Å²) in [6.07, 6.45) is 0. The summed E-state index contributed by atoms with van der Waals surface area (Å²) in [6, 6.07) is 18.4. The number of aromatic nitrogens is 1. The minimum Gasteiger partial charge on any atom is -0.507 e. The Morgan fingerprint density at radius 1 is 1.00 bits per heavy atom. The second-order valence-corrected chi connectivity index (χ2v) is 9.58. The highest BCUT2D eigenvalue weighted by atomic mass is 35.5. The summed E-state index contributed by atoms with van der Waals surface area (Å²) >= 11 is 13.4. The largest absolute Gasteiger partial charge is 0.507 e. The van der Waals surface area contributed by atoms with E-state index in [4.69, 9.17) is 23.2 Å². The molecule has 33 heavy (non-hydrogen) atoms. The Bertz CT molecular complexity index is 1460. The fraction of sp³-hybridized carbons (Fsp3) is 0.0800. The zero-order valence-corrected chi connectivity index (χ0v) is 19.6. The van der Waals surface area contributed by atoms with Gasteiger partial charge in [0.15, 0.2) is 5.13 Å². The van der Waals surface area contributed by atoms with E-state index in [1.165, 1.54) is 16.2 Å². The molecule has 1 unspecified atom stereocenters. The molecule has 2 heterocycles. The van der Waals surface area contributed by atoms with E-state index in [0.717, 1.165) is 10.3 Å². The number of ketones is 1. The van der Waals surface area contributed by atoms with Crippen LogP contribution < -0.4 is 4.90 Å². The second kappa shape index (κ2) is 8.30. The van der Waals surface area contributed by atoms with Crippen molar-refractivity contribution < 1.29 is 14.7 Å². The van der Waals surface area contributed by atoms with Crippen molar-refractivity contribution in [3.05, 3.63) is 99.0 Å². The molecule has 1 aromatic heterocycles. The van der Waals surface area contributed by atoms with Gasteiger partial charge in [-0.15, -0.1) is 0 Å². The number of carbonyl (C=O) groups excluding carboxylic acids is 2. The van der Waals surface area contributed by atoms with E-state index in [9.17, 15) is 14.7 Å². The molecule has 1 aliphatic rings. The summed E-state index contributed by atoms with van der Waals surface area (Å²) in [6.45, 7) is 1.93. The second-order valence-electron chi connectivity index (χ2n) is 7.70. The lowest BCUT2D eigenvalue weighted by Gasteiger charge is -2.23. The van der Waals surface area contributed by atoms with Crippen molar-refractivity contribution in [1.29, 1.82) is 0 Å². The number of carbonyl (C=O) groups is 2. The Hall–Kier alpha value is -3.19. The van der Waals surface area contributed by atoms with Gasteiger partial charge < -0.3 is 5.11 Å². The predicted octanol–water partition coefficient (Wildman–Crippen LogP) is 6.54. The van der Waals surface area contributed by atoms with Crippen molar-refractivity contribution in [3.8, 4) is 0 Å². The Labute approximate surface area is 203 Å². The number of amides is 1. The average molecular weight is 495 g/mol. The lowest BCUT2D eigenvalue weighted by molar-refractivity contribution is -0.132. The van der Waals surface area contributed by atoms with E-state index >= 15 is 0 Å². The van der Waals surface area contributed by atoms with Gasteiger partial charge >= 0.3 is 5.91 Å². The molecular formula is C25H16Cl2N2O3S. The van der Waals surface area contributed by atoms with Crippen LogP contribution in [0.15, 0.2) is 72.3 Å². The van der Waals surface area contributed by atoms with Crippen LogP contribution in [0.4, 0.5) is 5.13 Å². The van der Waals surface area contributed by atoms with Gasteiger partial charge in [0.2, 0.25) is 0 Å². The maximum atomic E-state index is 13.3. The number of Topliss-reactive ketones (excluding diaryl/α,β-unsaturated/α-hetero) is 1. The van der Waals surface area contributed by atoms with Gasteiger partial charge in [0.1, 0.15) is 5.76 Å². The van der Waals surface area contributed by atoms with Gasteiger partial charge in [0.05, 0.1) is 21.8 Å². The average Bonchev–Trinajstić information content (AvgIpc) is 3.32. The molecule has 1 saturated heterocycles. The molecule has 1 aliphatic heterocycles. The zero-order valence-electron chi connectivity index (χ0n) is 17.3. The monoisotopic (exact) mass is 494 g/mol. The highest BCUT2D eigenvalue weighted by Gasteiger charge is 2.48. The lowest BCUT2D eigenvalue weighted by atomic mass is 9.94. The van der Waals surface area contributed by atoms with Crippen LogP contribution in [0, 0.1) is 6.92 Å². The van der Waals surface area contributed by atoms with Crippen molar-refractivity contribution in [1.82, 2.24) is 4.98 Å². The van der Waals surface area contributed by atoms with Crippen LogP contribution in [0.25, 0.3) is 16.0 Å². The molecule has 0 aliphatic carbocycles. The highest BCUT2D eigenvalue weighted by molar-refractivity contribution is 7.22. The standard InChI is InChI=1S/C25H16Cl2N2O3S/c1-13-3-2-4-15(11-13)21-20(22(30)14-5-7-16(26)8-6-14)23(31)24(32)29(21)25-28-18-10-9-17(27)12-19(18)33-25/h2-12,21,30H,1H3/b22-20+. The molecule has 1 fully saturated rings. The molecule has 5 rings (SSSR count). The number of nitrogens with zero attached hydrogens (tertiary/aromatic N) is 2. The summed E-state index contributed by atoms with van der Waals surface area (Å²) in [4.78, 5) is 32.4. The number of halogens is 2. The number of aliphatic hydroxyl groups excluding tert-OH is 1. The van der Waals surface area contributed by atoms with E-state index in [2.05, 4.69) is 4.98 Å². The number of thiazole rings is 1. The first-order valence-electron chi connectivity index (χ1n) is 10.0. The number of anilines is 1. The van der Waals surface area contributed by atoms with E-state index in [1.807, 2.05) is 31.2 Å². The van der Waals surface area contributed by atoms with Crippen molar-refractivity contribution >= 4 is 67.3 Å². The molecule has 0 spiro atoms. The minimum atomic E-state index is -0.836. The smallest absolute Gasteiger partial charge is 0.301 e. The summed E-state index contributed by atoms with van der Waals surface area (Å²) in [5.41, 5.74) is 2.72. The summed E-state index contributed by atoms with van der Waals surface area (Å²) in [5.74, 6) is -1.78. The summed E-state index contributed by atoms with van der Waals surface area (Å²) < 4.78 is 0.792. The van der Waals surface area contributed by atoms with Gasteiger partial charge in [-0.3, -0.25) is 14.5 Å². The van der Waals surface area contributed by atoms with Gasteiger partial charge in [0, 0.05) is 15.6 Å². The summed E-state index contributed by atoms with van der Waals surface area (Å²) in [5, 5.41) is 12.6. The van der Waals surface area contributed by atoms with Crippen LogP contribution in [-0.4, -0.2) is 21.8 Å². The normalized spacial score (nSPS) is 17.8. The number of benzene rings is 3. The number of hydrogen-bond donors (Lipinski definition) is 1. The molecule has 1 amide bonds. The van der Waals surface area contributed by atoms with Crippen molar-refractivity contribution in [2.75, 3.05) is 4.90 Å². The predicted molar refractivity (Wildman–Crippen MR) is 132 cm³/mol. The Balaban J connectivity index is 1.74. The van der Waals surface area contributed by atoms with Crippen LogP contribution in [0.2, 0.25) is 10.0 Å². The quantitative estimate of drug-likeness (QED) is 0.199. The lowest BCUT2D eigenvalue weighted by Crippen LogP contribution is -2.29. The SMILES string of the molecule is Cc1cccc(C2/C(=C(\O)c3ccc(Cl)cc3)C(=O)C(=O)N2c2nc3ccc(Cl)cc3s2)c1. The van der Waals surface area contributed by atoms with Crippen molar-refractivity contribution in [2.24, 2.45) is 0 Å². The molecule has 164 valence electrons. The van der Waals surface area contributed by atoms with E-state index < -0.39 is 17.7 Å². The molecule has 0 radical (unpaired) electrons. The van der Waals surface area contributed by atoms with Gasteiger partial charge in [-0.25, -0.2) is 4.98 Å². The molecule has 0 saturated carbocycles. The van der Waals surface area contributed by atoms with Gasteiger partial charge in [-0.05, 0) is 55.0 Å². The zero-order chi connectivity index (χ0) is 23.3. The minimum absolute atomic E-state index is 0.00482. The topological polar surface area (TPSA) is 70.5 Å². The van der Waals surface area contributed by atoms with Crippen molar-refractivity contribution in [2.45, 2.75) is 13.0 Å². The molecule has 3 aromatic carbocycles. The molecule has 4 aromatic rings. The first kappa shape index (κ1) is 21.6. The first-order chi connectivity index (χ1) is 15.8. The van der Waals surface area contributed by atoms with E-state index in [1.54, 1.807) is 42.5 Å². The van der Waals surface area contributed by atoms with Crippen LogP contribution >= 0.6 is 34.5 Å². The number of hydrogen-bond acceptors (Lipinski definition) is 5. The van der Waals surface area contributed by atoms with Crippen LogP contribution in [0.5, 0.6) is 0 Å². The van der Waals surface area contributed by atoms with Gasteiger partial charge in [0.25, 0.3) is 5.78 Å².